The van der Waals surface area contributed by atoms with Gasteiger partial charge in [-0.1, -0.05) is 54.2 Å². The van der Waals surface area contributed by atoms with Crippen LogP contribution >= 0.6 is 11.8 Å². The Morgan fingerprint density at radius 2 is 1.80 bits per heavy atom. The number of aryl methyl sites for hydroxylation is 1. The van der Waals surface area contributed by atoms with Crippen molar-refractivity contribution in [2.45, 2.75) is 24.4 Å². The second kappa shape index (κ2) is 7.82. The Morgan fingerprint density at radius 1 is 1.08 bits per heavy atom. The largest absolute Gasteiger partial charge is 0.283 e. The fourth-order valence-electron chi connectivity index (χ4n) is 2.44. The molecule has 0 spiro atoms. The Balaban J connectivity index is 1.87. The first-order valence-corrected chi connectivity index (χ1v) is 8.88. The molecule has 0 fully saturated rings. The maximum atomic E-state index is 12.5. The Morgan fingerprint density at radius 3 is 2.48 bits per heavy atom. The summed E-state index contributed by atoms with van der Waals surface area (Å²) >= 11 is 1.55. The summed E-state index contributed by atoms with van der Waals surface area (Å²) < 4.78 is 1.68. The Labute approximate surface area is 150 Å². The van der Waals surface area contributed by atoms with Gasteiger partial charge < -0.3 is 0 Å². The van der Waals surface area contributed by atoms with Crippen molar-refractivity contribution in [3.05, 3.63) is 93.4 Å². The molecule has 0 saturated heterocycles. The van der Waals surface area contributed by atoms with Crippen LogP contribution in [0.2, 0.25) is 0 Å². The van der Waals surface area contributed by atoms with Crippen LogP contribution in [0.1, 0.15) is 22.4 Å². The highest BCUT2D eigenvalue weighted by molar-refractivity contribution is 7.98. The topological polar surface area (TPSA) is 58.7 Å². The lowest BCUT2D eigenvalue weighted by atomic mass is 10.1. The lowest BCUT2D eigenvalue weighted by molar-refractivity contribution is 0.638. The summed E-state index contributed by atoms with van der Waals surface area (Å²) in [6, 6.07) is 21.0. The average molecular weight is 347 g/mol. The van der Waals surface area contributed by atoms with Gasteiger partial charge in [-0.25, -0.2) is 4.98 Å². The molecule has 0 aliphatic carbocycles. The van der Waals surface area contributed by atoms with Crippen LogP contribution in [0.3, 0.4) is 0 Å². The van der Waals surface area contributed by atoms with Crippen molar-refractivity contribution in [1.82, 2.24) is 9.55 Å². The van der Waals surface area contributed by atoms with Gasteiger partial charge in [0.05, 0.1) is 18.2 Å². The maximum absolute atomic E-state index is 12.5. The summed E-state index contributed by atoms with van der Waals surface area (Å²) in [5.41, 5.74) is 3.42. The Bertz CT molecular complexity index is 957. The molecule has 0 unspecified atom stereocenters. The van der Waals surface area contributed by atoms with E-state index in [1.807, 2.05) is 37.3 Å². The van der Waals surface area contributed by atoms with Crippen LogP contribution in [0.5, 0.6) is 0 Å². The average Bonchev–Trinajstić information content (AvgIpc) is 2.64. The molecule has 1 heterocycles. The van der Waals surface area contributed by atoms with Crippen molar-refractivity contribution >= 4 is 11.8 Å². The molecule has 0 saturated carbocycles. The molecule has 0 radical (unpaired) electrons. The van der Waals surface area contributed by atoms with Gasteiger partial charge in [0, 0.05) is 17.5 Å². The minimum absolute atomic E-state index is 0.0626. The standard InChI is InChI=1S/C20H17N3OS/c1-15-11-19(24)23(13-17-9-7-16(12-21)8-10-17)20(22-15)25-14-18-5-3-2-4-6-18/h2-11H,13-14H2,1H3. The summed E-state index contributed by atoms with van der Waals surface area (Å²) in [6.45, 7) is 2.27. The molecule has 4 nitrogen and oxygen atoms in total. The van der Waals surface area contributed by atoms with E-state index in [9.17, 15) is 4.79 Å². The van der Waals surface area contributed by atoms with Gasteiger partial charge in [0.2, 0.25) is 0 Å². The van der Waals surface area contributed by atoms with Crippen molar-refractivity contribution in [3.63, 3.8) is 0 Å². The summed E-state index contributed by atoms with van der Waals surface area (Å²) in [6.07, 6.45) is 0. The number of nitrogens with zero attached hydrogens (tertiary/aromatic N) is 3. The van der Waals surface area contributed by atoms with E-state index in [1.165, 1.54) is 5.56 Å². The molecule has 5 heteroatoms. The molecule has 0 aliphatic heterocycles. The molecular weight excluding hydrogens is 330 g/mol. The molecule has 25 heavy (non-hydrogen) atoms. The molecule has 1 aromatic heterocycles. The van der Waals surface area contributed by atoms with Crippen LogP contribution in [0.25, 0.3) is 0 Å². The second-order valence-electron chi connectivity index (χ2n) is 5.69. The van der Waals surface area contributed by atoms with E-state index in [-0.39, 0.29) is 5.56 Å². The van der Waals surface area contributed by atoms with E-state index in [1.54, 1.807) is 34.5 Å². The van der Waals surface area contributed by atoms with Gasteiger partial charge in [-0.05, 0) is 30.2 Å². The monoisotopic (exact) mass is 347 g/mol. The van der Waals surface area contributed by atoms with E-state index in [0.717, 1.165) is 17.0 Å². The molecule has 0 atom stereocenters. The third-order valence-electron chi connectivity index (χ3n) is 3.74. The highest BCUT2D eigenvalue weighted by Crippen LogP contribution is 2.21. The van der Waals surface area contributed by atoms with E-state index in [0.29, 0.717) is 17.3 Å². The summed E-state index contributed by atoms with van der Waals surface area (Å²) in [7, 11) is 0. The van der Waals surface area contributed by atoms with Crippen LogP contribution in [-0.2, 0) is 12.3 Å². The molecule has 0 aliphatic rings. The van der Waals surface area contributed by atoms with Gasteiger partial charge in [-0.3, -0.25) is 9.36 Å². The number of benzene rings is 2. The highest BCUT2D eigenvalue weighted by atomic mass is 32.2. The van der Waals surface area contributed by atoms with Crippen LogP contribution in [0.4, 0.5) is 0 Å². The summed E-state index contributed by atoms with van der Waals surface area (Å²) in [5.74, 6) is 0.754. The van der Waals surface area contributed by atoms with Gasteiger partial charge in [0.1, 0.15) is 0 Å². The number of nitriles is 1. The molecule has 0 N–H and O–H groups in total. The molecule has 3 rings (SSSR count). The second-order valence-corrected chi connectivity index (χ2v) is 6.63. The predicted octanol–water partition coefficient (Wildman–Crippen LogP) is 3.76. The number of hydrogen-bond acceptors (Lipinski definition) is 4. The van der Waals surface area contributed by atoms with Crippen LogP contribution < -0.4 is 5.56 Å². The molecule has 124 valence electrons. The summed E-state index contributed by atoms with van der Waals surface area (Å²) in [5, 5.41) is 9.60. The first-order valence-electron chi connectivity index (χ1n) is 7.90. The van der Waals surface area contributed by atoms with Crippen LogP contribution in [0, 0.1) is 18.3 Å². The van der Waals surface area contributed by atoms with Gasteiger partial charge in [0.25, 0.3) is 5.56 Å². The number of hydrogen-bond donors (Lipinski definition) is 0. The smallest absolute Gasteiger partial charge is 0.254 e. The molecular formula is C20H17N3OS. The SMILES string of the molecule is Cc1cc(=O)n(Cc2ccc(C#N)cc2)c(SCc2ccccc2)n1. The third-order valence-corrected chi connectivity index (χ3v) is 4.78. The van der Waals surface area contributed by atoms with Crippen LogP contribution in [-0.4, -0.2) is 9.55 Å². The minimum atomic E-state index is -0.0626. The first-order chi connectivity index (χ1) is 12.2. The van der Waals surface area contributed by atoms with E-state index in [2.05, 4.69) is 23.2 Å². The van der Waals surface area contributed by atoms with Crippen molar-refractivity contribution in [3.8, 4) is 6.07 Å². The Kier molecular flexibility index (Phi) is 5.32. The van der Waals surface area contributed by atoms with Crippen molar-refractivity contribution in [2.75, 3.05) is 0 Å². The quantitative estimate of drug-likeness (QED) is 0.521. The van der Waals surface area contributed by atoms with E-state index < -0.39 is 0 Å². The molecule has 2 aromatic carbocycles. The normalized spacial score (nSPS) is 10.4. The lowest BCUT2D eigenvalue weighted by Crippen LogP contribution is -2.23. The minimum Gasteiger partial charge on any atom is -0.283 e. The lowest BCUT2D eigenvalue weighted by Gasteiger charge is -2.12. The molecule has 0 bridgehead atoms. The van der Waals surface area contributed by atoms with Gasteiger partial charge >= 0.3 is 0 Å². The fraction of sp³-hybridized carbons (Fsp3) is 0.150. The van der Waals surface area contributed by atoms with Gasteiger partial charge in [-0.15, -0.1) is 0 Å². The summed E-state index contributed by atoms with van der Waals surface area (Å²) in [4.78, 5) is 17.0. The van der Waals surface area contributed by atoms with E-state index >= 15 is 0 Å². The first kappa shape index (κ1) is 17.0. The zero-order chi connectivity index (χ0) is 17.6. The third kappa shape index (κ3) is 4.37. The van der Waals surface area contributed by atoms with Gasteiger partial charge in [-0.2, -0.15) is 5.26 Å². The molecule has 0 amide bonds. The van der Waals surface area contributed by atoms with Crippen molar-refractivity contribution in [1.29, 1.82) is 5.26 Å². The van der Waals surface area contributed by atoms with Crippen molar-refractivity contribution in [2.24, 2.45) is 0 Å². The predicted molar refractivity (Wildman–Crippen MR) is 99.5 cm³/mol. The zero-order valence-electron chi connectivity index (χ0n) is 13.8. The molecule has 3 aromatic rings. The number of rotatable bonds is 5. The fourth-order valence-corrected chi connectivity index (χ4v) is 3.45. The zero-order valence-corrected chi connectivity index (χ0v) is 14.7. The maximum Gasteiger partial charge on any atom is 0.254 e. The van der Waals surface area contributed by atoms with Crippen LogP contribution in [0.15, 0.2) is 70.6 Å². The Hall–Kier alpha value is -2.84. The van der Waals surface area contributed by atoms with Crippen molar-refractivity contribution < 1.29 is 0 Å². The van der Waals surface area contributed by atoms with Gasteiger partial charge in [0.15, 0.2) is 5.16 Å². The number of thioether (sulfide) groups is 1. The van der Waals surface area contributed by atoms with E-state index in [4.69, 9.17) is 5.26 Å². The number of aromatic nitrogens is 2. The highest BCUT2D eigenvalue weighted by Gasteiger charge is 2.09.